The molecule has 210 valence electrons. The fourth-order valence-corrected chi connectivity index (χ4v) is 5.06. The molecule has 1 heterocycles. The molecule has 0 spiro atoms. The Bertz CT molecular complexity index is 1150. The van der Waals surface area contributed by atoms with Crippen molar-refractivity contribution in [3.8, 4) is 5.75 Å². The number of nitrogens with zero attached hydrogens (tertiary/aromatic N) is 1. The summed E-state index contributed by atoms with van der Waals surface area (Å²) in [5.74, 6) is -1.23. The minimum atomic E-state index is -1.53. The number of likely N-dealkylation sites (tertiary alicyclic amines) is 1. The SMILES string of the molecule is COC(=O)[C@H](Cc1ccc(OCc2c(Cl)cccc2Cl)cc1)NC(=O)CCC(C=O)(C(=O)OC)N1CCCC1. The number of benzene rings is 2. The van der Waals surface area contributed by atoms with Crippen molar-refractivity contribution < 1.29 is 33.4 Å². The first-order valence-electron chi connectivity index (χ1n) is 12.6. The summed E-state index contributed by atoms with van der Waals surface area (Å²) in [6.07, 6.45) is 2.19. The van der Waals surface area contributed by atoms with Gasteiger partial charge in [0.15, 0.2) is 11.8 Å². The normalized spacial score (nSPS) is 15.6. The highest BCUT2D eigenvalue weighted by molar-refractivity contribution is 6.35. The minimum absolute atomic E-state index is 0.0651. The van der Waals surface area contributed by atoms with Gasteiger partial charge in [-0.25, -0.2) is 9.59 Å². The van der Waals surface area contributed by atoms with E-state index >= 15 is 0 Å². The summed E-state index contributed by atoms with van der Waals surface area (Å²) >= 11 is 12.4. The first-order valence-corrected chi connectivity index (χ1v) is 13.3. The largest absolute Gasteiger partial charge is 0.489 e. The second-order valence-corrected chi connectivity index (χ2v) is 10.0. The summed E-state index contributed by atoms with van der Waals surface area (Å²) in [5, 5.41) is 3.69. The van der Waals surface area contributed by atoms with Crippen LogP contribution in [0.4, 0.5) is 0 Å². The van der Waals surface area contributed by atoms with E-state index < -0.39 is 29.4 Å². The van der Waals surface area contributed by atoms with Gasteiger partial charge in [0.05, 0.1) is 14.2 Å². The zero-order valence-electron chi connectivity index (χ0n) is 21.9. The number of carbonyl (C=O) groups excluding carboxylic acids is 4. The molecular formula is C28H32Cl2N2O7. The van der Waals surface area contributed by atoms with E-state index in [9.17, 15) is 19.2 Å². The summed E-state index contributed by atoms with van der Waals surface area (Å²) in [6.45, 7) is 1.31. The molecule has 2 atom stereocenters. The molecule has 39 heavy (non-hydrogen) atoms. The third-order valence-electron chi connectivity index (χ3n) is 6.77. The smallest absolute Gasteiger partial charge is 0.333 e. The number of amides is 1. The van der Waals surface area contributed by atoms with Crippen LogP contribution in [0.25, 0.3) is 0 Å². The summed E-state index contributed by atoms with van der Waals surface area (Å²) in [7, 11) is 2.45. The number of rotatable bonds is 13. The predicted molar refractivity (Wildman–Crippen MR) is 146 cm³/mol. The van der Waals surface area contributed by atoms with Crippen molar-refractivity contribution in [2.45, 2.75) is 50.3 Å². The van der Waals surface area contributed by atoms with Gasteiger partial charge in [-0.15, -0.1) is 0 Å². The van der Waals surface area contributed by atoms with Gasteiger partial charge in [0, 0.05) is 28.5 Å². The van der Waals surface area contributed by atoms with E-state index in [1.807, 2.05) is 0 Å². The Labute approximate surface area is 237 Å². The lowest BCUT2D eigenvalue weighted by Crippen LogP contribution is -2.56. The molecular weight excluding hydrogens is 547 g/mol. The number of hydrogen-bond acceptors (Lipinski definition) is 8. The standard InChI is InChI=1S/C28H32Cl2N2O7/c1-37-26(35)24(31-25(34)12-13-28(18-33,27(36)38-2)32-14-3-4-15-32)16-19-8-10-20(11-9-19)39-17-21-22(29)6-5-7-23(21)30/h5-11,18,24H,3-4,12-17H2,1-2H3,(H,31,34)/t24-,28?/m0/s1. The Kier molecular flexibility index (Phi) is 11.2. The third-order valence-corrected chi connectivity index (χ3v) is 7.47. The van der Waals surface area contributed by atoms with Crippen LogP contribution in [-0.4, -0.2) is 67.9 Å². The van der Waals surface area contributed by atoms with E-state index in [4.69, 9.17) is 37.4 Å². The number of ether oxygens (including phenoxy) is 3. The van der Waals surface area contributed by atoms with Crippen LogP contribution in [0.5, 0.6) is 5.75 Å². The maximum absolute atomic E-state index is 12.8. The molecule has 3 rings (SSSR count). The Morgan fingerprint density at radius 3 is 2.23 bits per heavy atom. The molecule has 0 aliphatic carbocycles. The average molecular weight is 579 g/mol. The number of nitrogens with one attached hydrogen (secondary N) is 1. The van der Waals surface area contributed by atoms with Gasteiger partial charge in [0.2, 0.25) is 5.91 Å². The van der Waals surface area contributed by atoms with Gasteiger partial charge in [-0.2, -0.15) is 0 Å². The number of aldehydes is 1. The van der Waals surface area contributed by atoms with Crippen molar-refractivity contribution in [1.29, 1.82) is 0 Å². The number of halogens is 2. The predicted octanol–water partition coefficient (Wildman–Crippen LogP) is 3.76. The summed E-state index contributed by atoms with van der Waals surface area (Å²) < 4.78 is 15.6. The lowest BCUT2D eigenvalue weighted by atomic mass is 9.92. The number of esters is 2. The maximum Gasteiger partial charge on any atom is 0.333 e. The van der Waals surface area contributed by atoms with Crippen molar-refractivity contribution in [3.05, 3.63) is 63.6 Å². The Morgan fingerprint density at radius 2 is 1.67 bits per heavy atom. The van der Waals surface area contributed by atoms with Gasteiger partial charge in [0.25, 0.3) is 0 Å². The van der Waals surface area contributed by atoms with Crippen LogP contribution >= 0.6 is 23.2 Å². The van der Waals surface area contributed by atoms with Gasteiger partial charge in [0.1, 0.15) is 18.4 Å². The summed E-state index contributed by atoms with van der Waals surface area (Å²) in [6, 6.07) is 11.3. The molecule has 0 saturated carbocycles. The van der Waals surface area contributed by atoms with Crippen molar-refractivity contribution >= 4 is 47.3 Å². The molecule has 2 aromatic carbocycles. The average Bonchev–Trinajstić information content (AvgIpc) is 3.48. The lowest BCUT2D eigenvalue weighted by Gasteiger charge is -2.34. The van der Waals surface area contributed by atoms with E-state index in [-0.39, 0.29) is 25.9 Å². The summed E-state index contributed by atoms with van der Waals surface area (Å²) in [4.78, 5) is 51.6. The van der Waals surface area contributed by atoms with Crippen molar-refractivity contribution in [2.75, 3.05) is 27.3 Å². The molecule has 9 nitrogen and oxygen atoms in total. The fraction of sp³-hybridized carbons (Fsp3) is 0.429. The maximum atomic E-state index is 12.8. The monoisotopic (exact) mass is 578 g/mol. The van der Waals surface area contributed by atoms with E-state index in [0.29, 0.717) is 40.7 Å². The first-order chi connectivity index (χ1) is 18.7. The Hall–Kier alpha value is -3.14. The van der Waals surface area contributed by atoms with Crippen LogP contribution in [-0.2, 0) is 41.7 Å². The molecule has 0 aromatic heterocycles. The van der Waals surface area contributed by atoms with Crippen LogP contribution < -0.4 is 10.1 Å². The highest BCUT2D eigenvalue weighted by Crippen LogP contribution is 2.27. The zero-order valence-corrected chi connectivity index (χ0v) is 23.4. The number of carbonyl (C=O) groups is 4. The Morgan fingerprint density at radius 1 is 1.03 bits per heavy atom. The van der Waals surface area contributed by atoms with E-state index in [1.165, 1.54) is 14.2 Å². The lowest BCUT2D eigenvalue weighted by molar-refractivity contribution is -0.157. The first kappa shape index (κ1) is 30.4. The molecule has 1 saturated heterocycles. The van der Waals surface area contributed by atoms with Crippen molar-refractivity contribution in [1.82, 2.24) is 10.2 Å². The molecule has 11 heteroatoms. The van der Waals surface area contributed by atoms with Crippen LogP contribution in [0.3, 0.4) is 0 Å². The molecule has 1 aliphatic heterocycles. The topological polar surface area (TPSA) is 111 Å². The number of hydrogen-bond donors (Lipinski definition) is 1. The van der Waals surface area contributed by atoms with Crippen LogP contribution in [0.1, 0.15) is 36.8 Å². The third kappa shape index (κ3) is 7.71. The van der Waals surface area contributed by atoms with Crippen molar-refractivity contribution in [2.24, 2.45) is 0 Å². The molecule has 1 aliphatic rings. The van der Waals surface area contributed by atoms with E-state index in [1.54, 1.807) is 47.4 Å². The van der Waals surface area contributed by atoms with Gasteiger partial charge >= 0.3 is 11.9 Å². The van der Waals surface area contributed by atoms with Gasteiger partial charge < -0.3 is 24.3 Å². The molecule has 0 bridgehead atoms. The van der Waals surface area contributed by atoms with Crippen molar-refractivity contribution in [3.63, 3.8) is 0 Å². The molecule has 1 amide bonds. The molecule has 1 N–H and O–H groups in total. The highest BCUT2D eigenvalue weighted by Gasteiger charge is 2.46. The quantitative estimate of drug-likeness (QED) is 0.217. The highest BCUT2D eigenvalue weighted by atomic mass is 35.5. The molecule has 2 aromatic rings. The molecule has 1 fully saturated rings. The second kappa shape index (κ2) is 14.3. The van der Waals surface area contributed by atoms with Crippen LogP contribution in [0, 0.1) is 0 Å². The van der Waals surface area contributed by atoms with Crippen LogP contribution in [0.15, 0.2) is 42.5 Å². The van der Waals surface area contributed by atoms with Gasteiger partial charge in [-0.1, -0.05) is 41.4 Å². The van der Waals surface area contributed by atoms with Crippen LogP contribution in [0.2, 0.25) is 10.0 Å². The van der Waals surface area contributed by atoms with E-state index in [2.05, 4.69) is 5.32 Å². The van der Waals surface area contributed by atoms with Gasteiger partial charge in [-0.3, -0.25) is 9.69 Å². The van der Waals surface area contributed by atoms with E-state index in [0.717, 1.165) is 18.4 Å². The zero-order chi connectivity index (χ0) is 28.4. The molecule has 0 radical (unpaired) electrons. The minimum Gasteiger partial charge on any atom is -0.489 e. The fourth-order valence-electron chi connectivity index (χ4n) is 4.55. The summed E-state index contributed by atoms with van der Waals surface area (Å²) in [5.41, 5.74) is -0.107. The molecule has 1 unspecified atom stereocenters. The Balaban J connectivity index is 1.62. The van der Waals surface area contributed by atoms with Gasteiger partial charge in [-0.05, 0) is 62.2 Å². The second-order valence-electron chi connectivity index (χ2n) is 9.21. The number of methoxy groups -OCH3 is 2.